The molecule has 9 heteroatoms. The van der Waals surface area contributed by atoms with Gasteiger partial charge in [-0.2, -0.15) is 11.8 Å². The average Bonchev–Trinajstić information content (AvgIpc) is 3.16. The Bertz CT molecular complexity index is 649. The van der Waals surface area contributed by atoms with Crippen molar-refractivity contribution in [3.63, 3.8) is 0 Å². The van der Waals surface area contributed by atoms with Gasteiger partial charge in [0.25, 0.3) is 11.6 Å². The summed E-state index contributed by atoms with van der Waals surface area (Å²) in [7, 11) is 0. The molecular formula is C17H24N4O4S. The number of nitro benzene ring substituents is 1. The third kappa shape index (κ3) is 5.99. The molecule has 0 radical (unpaired) electrons. The Kier molecular flexibility index (Phi) is 7.86. The first kappa shape index (κ1) is 20.2. The molecule has 2 amide bonds. The van der Waals surface area contributed by atoms with Gasteiger partial charge in [-0.15, -0.1) is 0 Å². The molecule has 0 saturated carbocycles. The number of benzene rings is 1. The van der Waals surface area contributed by atoms with Gasteiger partial charge in [-0.25, -0.2) is 0 Å². The second kappa shape index (κ2) is 10.1. The van der Waals surface area contributed by atoms with Gasteiger partial charge in [0.2, 0.25) is 5.91 Å². The molecule has 142 valence electrons. The molecule has 1 aromatic rings. The van der Waals surface area contributed by atoms with Crippen LogP contribution in [-0.2, 0) is 4.79 Å². The van der Waals surface area contributed by atoms with Crippen LogP contribution in [0.4, 0.5) is 5.69 Å². The van der Waals surface area contributed by atoms with Crippen molar-refractivity contribution in [1.82, 2.24) is 16.0 Å². The lowest BCUT2D eigenvalue weighted by Crippen LogP contribution is -2.49. The molecular weight excluding hydrogens is 356 g/mol. The van der Waals surface area contributed by atoms with E-state index in [4.69, 9.17) is 0 Å². The number of amides is 2. The molecule has 1 aromatic carbocycles. The van der Waals surface area contributed by atoms with E-state index in [9.17, 15) is 19.7 Å². The molecule has 8 nitrogen and oxygen atoms in total. The smallest absolute Gasteiger partial charge is 0.270 e. The molecule has 2 unspecified atom stereocenters. The number of nitrogens with zero attached hydrogens (tertiary/aromatic N) is 1. The van der Waals surface area contributed by atoms with Gasteiger partial charge in [0.15, 0.2) is 0 Å². The van der Waals surface area contributed by atoms with Gasteiger partial charge in [-0.1, -0.05) is 6.07 Å². The van der Waals surface area contributed by atoms with Crippen molar-refractivity contribution in [3.8, 4) is 0 Å². The van der Waals surface area contributed by atoms with E-state index in [0.717, 1.165) is 25.1 Å². The number of carbonyl (C=O) groups excluding carboxylic acids is 2. The summed E-state index contributed by atoms with van der Waals surface area (Å²) in [6.45, 7) is 1.49. The second-order valence-electron chi connectivity index (χ2n) is 6.15. The van der Waals surface area contributed by atoms with E-state index in [1.54, 1.807) is 11.8 Å². The SMILES string of the molecule is CSCCC(NC(=O)c1cccc([N+](=O)[O-])c1)C(=O)NCC1CCCN1. The number of thioether (sulfide) groups is 1. The Morgan fingerprint density at radius 1 is 1.46 bits per heavy atom. The second-order valence-corrected chi connectivity index (χ2v) is 7.14. The van der Waals surface area contributed by atoms with Gasteiger partial charge in [-0.05, 0) is 43.9 Å². The molecule has 1 aliphatic heterocycles. The lowest BCUT2D eigenvalue weighted by Gasteiger charge is -2.19. The van der Waals surface area contributed by atoms with Crippen molar-refractivity contribution < 1.29 is 14.5 Å². The van der Waals surface area contributed by atoms with Crippen molar-refractivity contribution in [2.75, 3.05) is 25.1 Å². The molecule has 1 heterocycles. The molecule has 0 bridgehead atoms. The largest absolute Gasteiger partial charge is 0.353 e. The number of nitrogens with one attached hydrogen (secondary N) is 3. The summed E-state index contributed by atoms with van der Waals surface area (Å²) in [5.41, 5.74) is 0.00804. The fourth-order valence-corrected chi connectivity index (χ4v) is 3.26. The summed E-state index contributed by atoms with van der Waals surface area (Å²) >= 11 is 1.59. The number of non-ortho nitro benzene ring substituents is 1. The summed E-state index contributed by atoms with van der Waals surface area (Å²) in [4.78, 5) is 35.2. The molecule has 0 aromatic heterocycles. The third-order valence-electron chi connectivity index (χ3n) is 4.24. The zero-order valence-corrected chi connectivity index (χ0v) is 15.5. The minimum Gasteiger partial charge on any atom is -0.353 e. The fourth-order valence-electron chi connectivity index (χ4n) is 2.78. The highest BCUT2D eigenvalue weighted by atomic mass is 32.2. The van der Waals surface area contributed by atoms with Crippen LogP contribution in [0.1, 0.15) is 29.6 Å². The maximum absolute atomic E-state index is 12.5. The van der Waals surface area contributed by atoms with Crippen LogP contribution < -0.4 is 16.0 Å². The first-order chi connectivity index (χ1) is 12.5. The molecule has 0 spiro atoms. The van der Waals surface area contributed by atoms with Crippen LogP contribution in [0.15, 0.2) is 24.3 Å². The van der Waals surface area contributed by atoms with Gasteiger partial charge in [0, 0.05) is 30.3 Å². The van der Waals surface area contributed by atoms with E-state index >= 15 is 0 Å². The lowest BCUT2D eigenvalue weighted by molar-refractivity contribution is -0.384. The zero-order valence-electron chi connectivity index (χ0n) is 14.7. The standard InChI is InChI=1S/C17H24N4O4S/c1-26-9-7-15(17(23)19-11-13-5-3-8-18-13)20-16(22)12-4-2-6-14(10-12)21(24)25/h2,4,6,10,13,15,18H,3,5,7-9,11H2,1H3,(H,19,23)(H,20,22). The zero-order chi connectivity index (χ0) is 18.9. The van der Waals surface area contributed by atoms with E-state index in [1.807, 2.05) is 6.26 Å². The Balaban J connectivity index is 1.98. The number of carbonyl (C=O) groups is 2. The van der Waals surface area contributed by atoms with E-state index in [0.29, 0.717) is 13.0 Å². The Morgan fingerprint density at radius 2 is 2.27 bits per heavy atom. The molecule has 26 heavy (non-hydrogen) atoms. The average molecular weight is 380 g/mol. The van der Waals surface area contributed by atoms with Crippen molar-refractivity contribution in [1.29, 1.82) is 0 Å². The first-order valence-corrected chi connectivity index (χ1v) is 9.96. The minimum absolute atomic E-state index is 0.157. The van der Waals surface area contributed by atoms with Gasteiger partial charge in [0.1, 0.15) is 6.04 Å². The van der Waals surface area contributed by atoms with Crippen molar-refractivity contribution >= 4 is 29.3 Å². The van der Waals surface area contributed by atoms with Crippen LogP contribution in [0, 0.1) is 10.1 Å². The third-order valence-corrected chi connectivity index (χ3v) is 4.88. The van der Waals surface area contributed by atoms with Gasteiger partial charge >= 0.3 is 0 Å². The van der Waals surface area contributed by atoms with Gasteiger partial charge < -0.3 is 16.0 Å². The first-order valence-electron chi connectivity index (χ1n) is 8.56. The van der Waals surface area contributed by atoms with E-state index < -0.39 is 16.9 Å². The molecule has 0 aliphatic carbocycles. The van der Waals surface area contributed by atoms with Gasteiger partial charge in [0.05, 0.1) is 4.92 Å². The van der Waals surface area contributed by atoms with E-state index in [2.05, 4.69) is 16.0 Å². The number of hydrogen-bond acceptors (Lipinski definition) is 6. The van der Waals surface area contributed by atoms with Crippen molar-refractivity contribution in [2.24, 2.45) is 0 Å². The number of rotatable bonds is 9. The molecule has 1 aliphatic rings. The van der Waals surface area contributed by atoms with E-state index in [-0.39, 0.29) is 23.2 Å². The quantitative estimate of drug-likeness (QED) is 0.440. The van der Waals surface area contributed by atoms with Crippen LogP contribution in [0.25, 0.3) is 0 Å². The lowest BCUT2D eigenvalue weighted by atomic mass is 10.1. The maximum Gasteiger partial charge on any atom is 0.270 e. The van der Waals surface area contributed by atoms with Gasteiger partial charge in [-0.3, -0.25) is 19.7 Å². The molecule has 3 N–H and O–H groups in total. The monoisotopic (exact) mass is 380 g/mol. The minimum atomic E-state index is -0.671. The summed E-state index contributed by atoms with van der Waals surface area (Å²) in [5.74, 6) is -0.00454. The highest BCUT2D eigenvalue weighted by Gasteiger charge is 2.23. The summed E-state index contributed by atoms with van der Waals surface area (Å²) in [6.07, 6.45) is 4.54. The molecule has 2 atom stereocenters. The molecule has 2 rings (SSSR count). The maximum atomic E-state index is 12.5. The number of hydrogen-bond donors (Lipinski definition) is 3. The molecule has 1 fully saturated rings. The Labute approximate surface area is 156 Å². The van der Waals surface area contributed by atoms with Crippen LogP contribution in [0.3, 0.4) is 0 Å². The van der Waals surface area contributed by atoms with E-state index in [1.165, 1.54) is 24.3 Å². The van der Waals surface area contributed by atoms with Crippen molar-refractivity contribution in [2.45, 2.75) is 31.3 Å². The fraction of sp³-hybridized carbons (Fsp3) is 0.529. The predicted molar refractivity (Wildman–Crippen MR) is 101 cm³/mol. The Morgan fingerprint density at radius 3 is 2.92 bits per heavy atom. The summed E-state index contributed by atoms with van der Waals surface area (Å²) in [6, 6.07) is 5.08. The summed E-state index contributed by atoms with van der Waals surface area (Å²) in [5, 5.41) is 19.8. The van der Waals surface area contributed by atoms with Crippen LogP contribution in [-0.4, -0.2) is 53.9 Å². The van der Waals surface area contributed by atoms with Crippen molar-refractivity contribution in [3.05, 3.63) is 39.9 Å². The van der Waals surface area contributed by atoms with Crippen LogP contribution in [0.2, 0.25) is 0 Å². The molecule has 1 saturated heterocycles. The highest BCUT2D eigenvalue weighted by molar-refractivity contribution is 7.98. The van der Waals surface area contributed by atoms with Crippen LogP contribution >= 0.6 is 11.8 Å². The normalized spacial score (nSPS) is 17.5. The summed E-state index contributed by atoms with van der Waals surface area (Å²) < 4.78 is 0. The Hall–Kier alpha value is -2.13. The van der Waals surface area contributed by atoms with Crippen LogP contribution in [0.5, 0.6) is 0 Å². The topological polar surface area (TPSA) is 113 Å². The number of nitro groups is 1. The highest BCUT2D eigenvalue weighted by Crippen LogP contribution is 2.13. The predicted octanol–water partition coefficient (Wildman–Crippen LogP) is 1.31.